The Kier molecular flexibility index (Phi) is 2.96. The first-order valence-corrected chi connectivity index (χ1v) is 5.64. The number of aryl methyl sites for hydroxylation is 1. The van der Waals surface area contributed by atoms with Crippen LogP contribution in [-0.4, -0.2) is 33.2 Å². The topological polar surface area (TPSA) is 64.2 Å². The summed E-state index contributed by atoms with van der Waals surface area (Å²) in [5.41, 5.74) is 6.73. The maximum Gasteiger partial charge on any atom is 0.244 e. The summed E-state index contributed by atoms with van der Waals surface area (Å²) in [4.78, 5) is 14.0. The summed E-state index contributed by atoms with van der Waals surface area (Å²) in [7, 11) is 1.82. The highest BCUT2D eigenvalue weighted by Crippen LogP contribution is 2.21. The predicted octanol–water partition coefficient (Wildman–Crippen LogP) is 0.431. The number of carbonyl (C=O) groups excluding carboxylic acids is 1. The van der Waals surface area contributed by atoms with Crippen LogP contribution in [0.3, 0.4) is 0 Å². The van der Waals surface area contributed by atoms with E-state index in [1.807, 2.05) is 11.9 Å². The van der Waals surface area contributed by atoms with E-state index in [1.165, 1.54) is 0 Å². The van der Waals surface area contributed by atoms with Crippen LogP contribution >= 0.6 is 0 Å². The zero-order valence-electron chi connectivity index (χ0n) is 9.76. The van der Waals surface area contributed by atoms with Crippen molar-refractivity contribution in [3.63, 3.8) is 0 Å². The maximum atomic E-state index is 12.1. The summed E-state index contributed by atoms with van der Waals surface area (Å²) in [6.45, 7) is 2.90. The van der Waals surface area contributed by atoms with Gasteiger partial charge in [0.05, 0.1) is 6.20 Å². The number of carbonyl (C=O) groups is 1. The van der Waals surface area contributed by atoms with Gasteiger partial charge in [-0.05, 0) is 19.8 Å². The van der Waals surface area contributed by atoms with Gasteiger partial charge < -0.3 is 10.6 Å². The molecule has 2 heterocycles. The first kappa shape index (κ1) is 11.1. The predicted molar refractivity (Wildman–Crippen MR) is 60.5 cm³/mol. The quantitative estimate of drug-likeness (QED) is 0.789. The van der Waals surface area contributed by atoms with Crippen LogP contribution in [0.25, 0.3) is 0 Å². The van der Waals surface area contributed by atoms with Crippen molar-refractivity contribution in [2.45, 2.75) is 31.8 Å². The molecule has 1 aromatic heterocycles. The van der Waals surface area contributed by atoms with E-state index < -0.39 is 6.04 Å². The smallest absolute Gasteiger partial charge is 0.244 e. The third kappa shape index (κ3) is 1.95. The molecule has 1 aliphatic heterocycles. The van der Waals surface area contributed by atoms with Crippen LogP contribution in [-0.2, 0) is 11.8 Å². The SMILES string of the molecule is CC1CCCN1C(=O)C(N)c1cnn(C)c1. The molecule has 1 aromatic rings. The number of rotatable bonds is 2. The Balaban J connectivity index is 2.10. The average Bonchev–Trinajstić information content (AvgIpc) is 2.85. The lowest BCUT2D eigenvalue weighted by Gasteiger charge is -2.24. The summed E-state index contributed by atoms with van der Waals surface area (Å²) in [5, 5.41) is 4.03. The Morgan fingerprint density at radius 3 is 2.94 bits per heavy atom. The Hall–Kier alpha value is -1.36. The van der Waals surface area contributed by atoms with E-state index in [0.717, 1.165) is 24.9 Å². The summed E-state index contributed by atoms with van der Waals surface area (Å²) >= 11 is 0. The highest BCUT2D eigenvalue weighted by molar-refractivity contribution is 5.83. The number of nitrogens with two attached hydrogens (primary N) is 1. The number of hydrogen-bond donors (Lipinski definition) is 1. The number of aromatic nitrogens is 2. The molecule has 2 atom stereocenters. The molecule has 0 aromatic carbocycles. The van der Waals surface area contributed by atoms with Gasteiger partial charge >= 0.3 is 0 Å². The van der Waals surface area contributed by atoms with Crippen molar-refractivity contribution in [2.75, 3.05) is 6.54 Å². The molecule has 0 aliphatic carbocycles. The van der Waals surface area contributed by atoms with Crippen molar-refractivity contribution in [3.8, 4) is 0 Å². The van der Waals surface area contributed by atoms with E-state index in [9.17, 15) is 4.79 Å². The summed E-state index contributed by atoms with van der Waals surface area (Å²) in [6, 6.07) is -0.260. The molecule has 1 saturated heterocycles. The molecule has 0 bridgehead atoms. The van der Waals surface area contributed by atoms with Crippen molar-refractivity contribution in [1.82, 2.24) is 14.7 Å². The fourth-order valence-electron chi connectivity index (χ4n) is 2.18. The van der Waals surface area contributed by atoms with Gasteiger partial charge in [-0.1, -0.05) is 0 Å². The third-order valence-corrected chi connectivity index (χ3v) is 3.19. The lowest BCUT2D eigenvalue weighted by molar-refractivity contribution is -0.133. The minimum Gasteiger partial charge on any atom is -0.338 e. The minimum atomic E-state index is -0.575. The van der Waals surface area contributed by atoms with Gasteiger partial charge in [0.25, 0.3) is 0 Å². The molecule has 0 radical (unpaired) electrons. The molecule has 1 aliphatic rings. The zero-order chi connectivity index (χ0) is 11.7. The van der Waals surface area contributed by atoms with Gasteiger partial charge in [0.2, 0.25) is 5.91 Å². The average molecular weight is 222 g/mol. The van der Waals surface area contributed by atoms with Crippen molar-refractivity contribution in [1.29, 1.82) is 0 Å². The zero-order valence-corrected chi connectivity index (χ0v) is 9.76. The van der Waals surface area contributed by atoms with E-state index in [-0.39, 0.29) is 5.91 Å². The normalized spacial score (nSPS) is 22.4. The maximum absolute atomic E-state index is 12.1. The minimum absolute atomic E-state index is 0.0120. The number of likely N-dealkylation sites (tertiary alicyclic amines) is 1. The lowest BCUT2D eigenvalue weighted by Crippen LogP contribution is -2.40. The molecular formula is C11H18N4O. The molecule has 1 fully saturated rings. The highest BCUT2D eigenvalue weighted by atomic mass is 16.2. The molecule has 2 N–H and O–H groups in total. The van der Waals surface area contributed by atoms with Gasteiger partial charge in [0.15, 0.2) is 0 Å². The molecule has 0 saturated carbocycles. The van der Waals surface area contributed by atoms with Gasteiger partial charge in [-0.15, -0.1) is 0 Å². The fourth-order valence-corrected chi connectivity index (χ4v) is 2.18. The van der Waals surface area contributed by atoms with E-state index in [0.29, 0.717) is 6.04 Å². The van der Waals surface area contributed by atoms with Crippen LogP contribution < -0.4 is 5.73 Å². The van der Waals surface area contributed by atoms with Crippen LogP contribution in [0, 0.1) is 0 Å². The molecule has 88 valence electrons. The van der Waals surface area contributed by atoms with Crippen molar-refractivity contribution in [3.05, 3.63) is 18.0 Å². The second-order valence-corrected chi connectivity index (χ2v) is 4.45. The van der Waals surface area contributed by atoms with Gasteiger partial charge in [-0.3, -0.25) is 9.48 Å². The third-order valence-electron chi connectivity index (χ3n) is 3.19. The van der Waals surface area contributed by atoms with Crippen LogP contribution in [0.4, 0.5) is 0 Å². The lowest BCUT2D eigenvalue weighted by atomic mass is 10.1. The Labute approximate surface area is 95.2 Å². The van der Waals surface area contributed by atoms with E-state index in [2.05, 4.69) is 12.0 Å². The van der Waals surface area contributed by atoms with Crippen molar-refractivity contribution >= 4 is 5.91 Å². The molecule has 5 nitrogen and oxygen atoms in total. The largest absolute Gasteiger partial charge is 0.338 e. The van der Waals surface area contributed by atoms with Crippen LogP contribution in [0.1, 0.15) is 31.4 Å². The second-order valence-electron chi connectivity index (χ2n) is 4.45. The summed E-state index contributed by atoms with van der Waals surface area (Å²) in [6.07, 6.45) is 5.60. The van der Waals surface area contributed by atoms with Crippen LogP contribution in [0.5, 0.6) is 0 Å². The van der Waals surface area contributed by atoms with Crippen molar-refractivity contribution in [2.24, 2.45) is 12.8 Å². The van der Waals surface area contributed by atoms with Gasteiger partial charge in [-0.2, -0.15) is 5.10 Å². The fraction of sp³-hybridized carbons (Fsp3) is 0.636. The van der Waals surface area contributed by atoms with E-state index >= 15 is 0 Å². The molecular weight excluding hydrogens is 204 g/mol. The monoisotopic (exact) mass is 222 g/mol. The Morgan fingerprint density at radius 2 is 2.44 bits per heavy atom. The van der Waals surface area contributed by atoms with E-state index in [4.69, 9.17) is 5.73 Å². The number of nitrogens with zero attached hydrogens (tertiary/aromatic N) is 3. The summed E-state index contributed by atoms with van der Waals surface area (Å²) in [5.74, 6) is 0.0120. The van der Waals surface area contributed by atoms with Crippen LogP contribution in [0.15, 0.2) is 12.4 Å². The molecule has 2 rings (SSSR count). The van der Waals surface area contributed by atoms with Gasteiger partial charge in [0, 0.05) is 31.4 Å². The Bertz CT molecular complexity index is 387. The number of amides is 1. The standard InChI is InChI=1S/C11H18N4O/c1-8-4-3-5-15(8)11(16)10(12)9-6-13-14(2)7-9/h6-8,10H,3-5,12H2,1-2H3. The van der Waals surface area contributed by atoms with Crippen LogP contribution in [0.2, 0.25) is 0 Å². The molecule has 0 spiro atoms. The summed E-state index contributed by atoms with van der Waals surface area (Å²) < 4.78 is 1.66. The van der Waals surface area contributed by atoms with Crippen molar-refractivity contribution < 1.29 is 4.79 Å². The molecule has 1 amide bonds. The first-order valence-electron chi connectivity index (χ1n) is 5.64. The molecule has 5 heteroatoms. The molecule has 2 unspecified atom stereocenters. The van der Waals surface area contributed by atoms with Gasteiger partial charge in [-0.25, -0.2) is 0 Å². The van der Waals surface area contributed by atoms with E-state index in [1.54, 1.807) is 17.1 Å². The first-order chi connectivity index (χ1) is 7.59. The molecule has 16 heavy (non-hydrogen) atoms. The highest BCUT2D eigenvalue weighted by Gasteiger charge is 2.29. The second kappa shape index (κ2) is 4.25. The Morgan fingerprint density at radius 1 is 1.69 bits per heavy atom. The number of hydrogen-bond acceptors (Lipinski definition) is 3. The van der Waals surface area contributed by atoms with Gasteiger partial charge in [0.1, 0.15) is 6.04 Å².